The largest absolute Gasteiger partial charge is 0.464 e. The highest BCUT2D eigenvalue weighted by molar-refractivity contribution is 7.98. The summed E-state index contributed by atoms with van der Waals surface area (Å²) in [6, 6.07) is 0.346. The molecule has 0 fully saturated rings. The van der Waals surface area contributed by atoms with Crippen molar-refractivity contribution in [2.75, 3.05) is 42.8 Å². The molecule has 0 saturated heterocycles. The molecule has 96 valence electrons. The number of hydrogen-bond donors (Lipinski definition) is 2. The SMILES string of the molecule is CCOc1nc(NC)nc(NCCCSC)n1. The first-order valence-electron chi connectivity index (χ1n) is 5.59. The van der Waals surface area contributed by atoms with Gasteiger partial charge in [-0.15, -0.1) is 0 Å². The second-order valence-electron chi connectivity index (χ2n) is 3.22. The molecule has 0 aromatic carbocycles. The minimum absolute atomic E-state index is 0.346. The van der Waals surface area contributed by atoms with Crippen molar-refractivity contribution in [3.8, 4) is 6.01 Å². The fourth-order valence-corrected chi connectivity index (χ4v) is 1.59. The lowest BCUT2D eigenvalue weighted by Gasteiger charge is -2.08. The maximum atomic E-state index is 5.27. The van der Waals surface area contributed by atoms with Gasteiger partial charge >= 0.3 is 6.01 Å². The number of thioether (sulfide) groups is 1. The molecule has 6 nitrogen and oxygen atoms in total. The quantitative estimate of drug-likeness (QED) is 0.683. The number of ether oxygens (including phenoxy) is 1. The van der Waals surface area contributed by atoms with Crippen LogP contribution in [0.1, 0.15) is 13.3 Å². The minimum Gasteiger partial charge on any atom is -0.464 e. The van der Waals surface area contributed by atoms with Gasteiger partial charge in [-0.1, -0.05) is 0 Å². The molecule has 0 saturated carbocycles. The molecule has 0 atom stereocenters. The Morgan fingerprint density at radius 3 is 2.65 bits per heavy atom. The van der Waals surface area contributed by atoms with Crippen LogP contribution in [0.5, 0.6) is 6.01 Å². The van der Waals surface area contributed by atoms with Crippen LogP contribution in [0.3, 0.4) is 0 Å². The molecule has 7 heteroatoms. The molecule has 0 radical (unpaired) electrons. The Kier molecular flexibility index (Phi) is 6.46. The summed E-state index contributed by atoms with van der Waals surface area (Å²) in [6.07, 6.45) is 3.17. The van der Waals surface area contributed by atoms with E-state index in [9.17, 15) is 0 Å². The number of aromatic nitrogens is 3. The van der Waals surface area contributed by atoms with Crippen molar-refractivity contribution < 1.29 is 4.74 Å². The van der Waals surface area contributed by atoms with E-state index in [0.29, 0.717) is 24.5 Å². The van der Waals surface area contributed by atoms with Crippen LogP contribution >= 0.6 is 11.8 Å². The van der Waals surface area contributed by atoms with Gasteiger partial charge in [-0.3, -0.25) is 0 Å². The Morgan fingerprint density at radius 1 is 1.24 bits per heavy atom. The second kappa shape index (κ2) is 7.94. The molecule has 0 aliphatic heterocycles. The standard InChI is InChI=1S/C10H19N5OS/c1-4-16-10-14-8(11-2)13-9(15-10)12-6-5-7-17-3/h4-7H2,1-3H3,(H2,11,12,13,14,15). The predicted molar refractivity (Wildman–Crippen MR) is 72.0 cm³/mol. The molecule has 0 amide bonds. The summed E-state index contributed by atoms with van der Waals surface area (Å²) in [5.74, 6) is 2.18. The Hall–Kier alpha value is -1.24. The van der Waals surface area contributed by atoms with Gasteiger partial charge in [-0.05, 0) is 25.4 Å². The lowest BCUT2D eigenvalue weighted by Crippen LogP contribution is -2.10. The highest BCUT2D eigenvalue weighted by Gasteiger charge is 2.05. The van der Waals surface area contributed by atoms with Gasteiger partial charge in [0.2, 0.25) is 11.9 Å². The number of hydrogen-bond acceptors (Lipinski definition) is 7. The highest BCUT2D eigenvalue weighted by Crippen LogP contribution is 2.10. The van der Waals surface area contributed by atoms with Crippen molar-refractivity contribution in [3.63, 3.8) is 0 Å². The van der Waals surface area contributed by atoms with Crippen molar-refractivity contribution in [1.82, 2.24) is 15.0 Å². The Labute approximate surface area is 106 Å². The first-order valence-corrected chi connectivity index (χ1v) is 6.99. The van der Waals surface area contributed by atoms with Crippen LogP contribution in [-0.4, -0.2) is 47.2 Å². The van der Waals surface area contributed by atoms with E-state index >= 15 is 0 Å². The van der Waals surface area contributed by atoms with Crippen molar-refractivity contribution in [2.24, 2.45) is 0 Å². The number of nitrogens with zero attached hydrogens (tertiary/aromatic N) is 3. The van der Waals surface area contributed by atoms with E-state index in [0.717, 1.165) is 18.7 Å². The van der Waals surface area contributed by atoms with Crippen LogP contribution < -0.4 is 15.4 Å². The second-order valence-corrected chi connectivity index (χ2v) is 4.21. The van der Waals surface area contributed by atoms with E-state index in [4.69, 9.17) is 4.74 Å². The molecule has 0 unspecified atom stereocenters. The maximum absolute atomic E-state index is 5.27. The molecule has 2 N–H and O–H groups in total. The van der Waals surface area contributed by atoms with Crippen LogP contribution in [0.4, 0.5) is 11.9 Å². The highest BCUT2D eigenvalue weighted by atomic mass is 32.2. The molecular formula is C10H19N5OS. The topological polar surface area (TPSA) is 72.0 Å². The zero-order valence-electron chi connectivity index (χ0n) is 10.5. The molecule has 1 aromatic rings. The number of nitrogens with one attached hydrogen (secondary N) is 2. The fraction of sp³-hybridized carbons (Fsp3) is 0.700. The monoisotopic (exact) mass is 257 g/mol. The molecule has 0 aliphatic rings. The van der Waals surface area contributed by atoms with Gasteiger partial charge in [0.25, 0.3) is 0 Å². The van der Waals surface area contributed by atoms with Gasteiger partial charge in [0.1, 0.15) is 0 Å². The van der Waals surface area contributed by atoms with E-state index in [1.165, 1.54) is 0 Å². The average molecular weight is 257 g/mol. The summed E-state index contributed by atoms with van der Waals surface area (Å²) in [5, 5.41) is 6.04. The van der Waals surface area contributed by atoms with Crippen molar-refractivity contribution in [3.05, 3.63) is 0 Å². The molecule has 1 rings (SSSR count). The van der Waals surface area contributed by atoms with Gasteiger partial charge < -0.3 is 15.4 Å². The molecule has 0 spiro atoms. The molecule has 0 aliphatic carbocycles. The van der Waals surface area contributed by atoms with E-state index < -0.39 is 0 Å². The fourth-order valence-electron chi connectivity index (χ4n) is 1.16. The lowest BCUT2D eigenvalue weighted by molar-refractivity contribution is 0.312. The smallest absolute Gasteiger partial charge is 0.323 e. The Morgan fingerprint density at radius 2 is 2.00 bits per heavy atom. The zero-order chi connectivity index (χ0) is 12.5. The first kappa shape index (κ1) is 13.8. The zero-order valence-corrected chi connectivity index (χ0v) is 11.3. The first-order chi connectivity index (χ1) is 8.30. The number of rotatable bonds is 8. The number of anilines is 2. The van der Waals surface area contributed by atoms with Gasteiger partial charge in [-0.2, -0.15) is 26.7 Å². The molecule has 0 bridgehead atoms. The van der Waals surface area contributed by atoms with Crippen LogP contribution in [0.15, 0.2) is 0 Å². The van der Waals surface area contributed by atoms with E-state index in [1.54, 1.807) is 7.05 Å². The van der Waals surface area contributed by atoms with Crippen LogP contribution in [0.2, 0.25) is 0 Å². The average Bonchev–Trinajstić information content (AvgIpc) is 2.35. The summed E-state index contributed by atoms with van der Waals surface area (Å²) in [4.78, 5) is 12.5. The van der Waals surface area contributed by atoms with Crippen LogP contribution in [0, 0.1) is 0 Å². The molecule has 17 heavy (non-hydrogen) atoms. The summed E-state index contributed by atoms with van der Waals surface area (Å²) in [5.41, 5.74) is 0. The van der Waals surface area contributed by atoms with Crippen molar-refractivity contribution in [1.29, 1.82) is 0 Å². The molecular weight excluding hydrogens is 238 g/mol. The Balaban J connectivity index is 2.59. The van der Waals surface area contributed by atoms with E-state index in [1.807, 2.05) is 18.7 Å². The van der Waals surface area contributed by atoms with Crippen molar-refractivity contribution >= 4 is 23.7 Å². The van der Waals surface area contributed by atoms with Gasteiger partial charge in [0, 0.05) is 13.6 Å². The van der Waals surface area contributed by atoms with Crippen molar-refractivity contribution in [2.45, 2.75) is 13.3 Å². The molecule has 1 aromatic heterocycles. The van der Waals surface area contributed by atoms with Crippen LogP contribution in [-0.2, 0) is 0 Å². The third kappa shape index (κ3) is 5.08. The van der Waals surface area contributed by atoms with E-state index in [2.05, 4.69) is 31.8 Å². The van der Waals surface area contributed by atoms with Gasteiger partial charge in [-0.25, -0.2) is 0 Å². The maximum Gasteiger partial charge on any atom is 0.323 e. The van der Waals surface area contributed by atoms with Gasteiger partial charge in [0.15, 0.2) is 0 Å². The van der Waals surface area contributed by atoms with Crippen LogP contribution in [0.25, 0.3) is 0 Å². The summed E-state index contributed by atoms with van der Waals surface area (Å²) in [6.45, 7) is 3.28. The predicted octanol–water partition coefficient (Wildman–Crippen LogP) is 1.48. The Bertz CT molecular complexity index is 336. The van der Waals surface area contributed by atoms with Gasteiger partial charge in [0.05, 0.1) is 6.61 Å². The minimum atomic E-state index is 0.346. The third-order valence-electron chi connectivity index (χ3n) is 1.92. The normalized spacial score (nSPS) is 10.1. The summed E-state index contributed by atoms with van der Waals surface area (Å²) >= 11 is 1.83. The summed E-state index contributed by atoms with van der Waals surface area (Å²) < 4.78 is 5.27. The third-order valence-corrected chi connectivity index (χ3v) is 2.62. The summed E-state index contributed by atoms with van der Waals surface area (Å²) in [7, 11) is 1.77. The van der Waals surface area contributed by atoms with E-state index in [-0.39, 0.29) is 0 Å². The molecule has 1 heterocycles. The lowest BCUT2D eigenvalue weighted by atomic mass is 10.5.